The van der Waals surface area contributed by atoms with Crippen molar-refractivity contribution in [1.29, 1.82) is 0 Å². The summed E-state index contributed by atoms with van der Waals surface area (Å²) < 4.78 is 0. The van der Waals surface area contributed by atoms with E-state index in [9.17, 15) is 14.4 Å². The third-order valence-corrected chi connectivity index (χ3v) is 11.6. The predicted molar refractivity (Wildman–Crippen MR) is 144 cm³/mol. The normalized spacial score (nSPS) is 42.7. The number of nitrogens with zero attached hydrogens (tertiary/aromatic N) is 1. The molecule has 5 nitrogen and oxygen atoms in total. The lowest BCUT2D eigenvalue weighted by Gasteiger charge is -2.69. The summed E-state index contributed by atoms with van der Waals surface area (Å²) >= 11 is 0. The van der Waals surface area contributed by atoms with Crippen LogP contribution in [0.4, 0.5) is 0 Å². The Kier molecular flexibility index (Phi) is 5.47. The molecule has 198 valence electrons. The number of ketones is 2. The van der Waals surface area contributed by atoms with E-state index in [0.717, 1.165) is 62.4 Å². The molecule has 0 spiro atoms. The van der Waals surface area contributed by atoms with Crippen molar-refractivity contribution < 1.29 is 14.4 Å². The second kappa shape index (κ2) is 7.67. The van der Waals surface area contributed by atoms with Gasteiger partial charge < -0.3 is 10.1 Å². The van der Waals surface area contributed by atoms with Gasteiger partial charge in [0.25, 0.3) is 0 Å². The van der Waals surface area contributed by atoms with Crippen LogP contribution >= 0.6 is 0 Å². The van der Waals surface area contributed by atoms with Crippen LogP contribution in [0.5, 0.6) is 0 Å². The van der Waals surface area contributed by atoms with Gasteiger partial charge in [-0.2, -0.15) is 0 Å². The van der Waals surface area contributed by atoms with Gasteiger partial charge in [-0.25, -0.2) is 4.85 Å². The van der Waals surface area contributed by atoms with E-state index in [1.807, 2.05) is 26.0 Å². The molecule has 0 saturated heterocycles. The molecule has 0 aromatic heterocycles. The van der Waals surface area contributed by atoms with Gasteiger partial charge in [0.05, 0.1) is 12.5 Å². The third-order valence-electron chi connectivity index (χ3n) is 11.6. The van der Waals surface area contributed by atoms with E-state index in [2.05, 4.69) is 44.8 Å². The summed E-state index contributed by atoms with van der Waals surface area (Å²) in [4.78, 5) is 43.6. The number of rotatable bonds is 1. The Hall–Kier alpha value is -2.22. The number of allylic oxidation sites excluding steroid dienone is 4. The highest BCUT2D eigenvalue weighted by Gasteiger charge is 2.70. The average molecular weight is 503 g/mol. The Morgan fingerprint density at radius 3 is 2.24 bits per heavy atom. The van der Waals surface area contributed by atoms with Gasteiger partial charge >= 0.3 is 0 Å². The monoisotopic (exact) mass is 502 g/mol. The van der Waals surface area contributed by atoms with E-state index < -0.39 is 16.4 Å². The van der Waals surface area contributed by atoms with Crippen molar-refractivity contribution >= 4 is 17.5 Å². The molecule has 5 aliphatic rings. The fourth-order valence-corrected chi connectivity index (χ4v) is 9.42. The fourth-order valence-electron chi connectivity index (χ4n) is 9.42. The standard InChI is InChI=1S/C32H42N2O3/c1-19(35)34-32-14-12-27(2,3)17-20(32)25-22(36)16-24-29(6)18-21(33-9)26(37)28(4,5)23(29)10-11-30(24,7)31(25,8)13-15-32/h16,18,23H,10-15,17H2,1-8H3,(H,34,35)/t23-,29-,30+,31+,32-/m0/s1. The number of hydrogen-bond donors (Lipinski definition) is 1. The van der Waals surface area contributed by atoms with Crippen LogP contribution in [0.3, 0.4) is 0 Å². The molecule has 3 fully saturated rings. The maximum atomic E-state index is 14.3. The summed E-state index contributed by atoms with van der Waals surface area (Å²) in [5.74, 6) is 2.07. The molecule has 1 N–H and O–H groups in total. The molecule has 5 aliphatic carbocycles. The Balaban J connectivity index is 1.69. The summed E-state index contributed by atoms with van der Waals surface area (Å²) in [7, 11) is 0. The second-order valence-electron chi connectivity index (χ2n) is 14.6. The number of carbonyl (C=O) groups is 3. The zero-order chi connectivity index (χ0) is 27.4. The summed E-state index contributed by atoms with van der Waals surface area (Å²) in [6.07, 6.45) is 9.90. The van der Waals surface area contributed by atoms with Crippen LogP contribution in [0.15, 0.2) is 23.4 Å². The summed E-state index contributed by atoms with van der Waals surface area (Å²) in [6, 6.07) is 0. The van der Waals surface area contributed by atoms with Crippen LogP contribution in [0.25, 0.3) is 4.85 Å². The van der Waals surface area contributed by atoms with E-state index in [-0.39, 0.29) is 45.3 Å². The van der Waals surface area contributed by atoms with Gasteiger partial charge in [-0.05, 0) is 73.2 Å². The van der Waals surface area contributed by atoms with Crippen molar-refractivity contribution in [3.05, 3.63) is 46.7 Å². The minimum atomic E-state index is -0.658. The molecule has 0 bridgehead atoms. The lowest BCUT2D eigenvalue weighted by atomic mass is 9.35. The van der Waals surface area contributed by atoms with Gasteiger partial charge in [0, 0.05) is 29.2 Å². The highest BCUT2D eigenvalue weighted by Crippen LogP contribution is 2.74. The zero-order valence-corrected chi connectivity index (χ0v) is 23.9. The number of fused-ring (bicyclic) bond motifs is 7. The van der Waals surface area contributed by atoms with E-state index in [1.54, 1.807) is 6.92 Å². The number of nitrogens with one attached hydrogen (secondary N) is 1. The van der Waals surface area contributed by atoms with Crippen molar-refractivity contribution in [1.82, 2.24) is 5.32 Å². The third kappa shape index (κ3) is 3.29. The molecule has 1 amide bonds. The van der Waals surface area contributed by atoms with Crippen LogP contribution in [0.2, 0.25) is 0 Å². The topological polar surface area (TPSA) is 67.6 Å². The lowest BCUT2D eigenvalue weighted by molar-refractivity contribution is -0.134. The number of carbonyl (C=O) groups excluding carboxylic acids is 3. The SMILES string of the molecule is [C-]#[N+]C1=C[C@]2(C)C3=CC(=O)[C]4[C]5CC(C)(C)CC[C@]5(NC(C)=O)CC[C@@]4(C)[C@]3(C)CC[C@H]2C(C)(C)C1=O. The molecule has 5 heteroatoms. The van der Waals surface area contributed by atoms with E-state index >= 15 is 0 Å². The van der Waals surface area contributed by atoms with Crippen LogP contribution in [0.1, 0.15) is 100 Å². The Morgan fingerprint density at radius 1 is 0.973 bits per heavy atom. The average Bonchev–Trinajstić information content (AvgIpc) is 2.78. The highest BCUT2D eigenvalue weighted by molar-refractivity contribution is 6.08. The van der Waals surface area contributed by atoms with E-state index in [1.165, 1.54) is 0 Å². The highest BCUT2D eigenvalue weighted by atomic mass is 16.1. The largest absolute Gasteiger partial charge is 0.350 e. The molecular weight excluding hydrogens is 460 g/mol. The first kappa shape index (κ1) is 26.4. The van der Waals surface area contributed by atoms with Crippen molar-refractivity contribution in [3.63, 3.8) is 0 Å². The van der Waals surface area contributed by atoms with E-state index in [4.69, 9.17) is 6.57 Å². The molecule has 0 unspecified atom stereocenters. The quantitative estimate of drug-likeness (QED) is 0.424. The van der Waals surface area contributed by atoms with Crippen LogP contribution in [-0.4, -0.2) is 23.0 Å². The minimum absolute atomic E-state index is 0.0361. The van der Waals surface area contributed by atoms with Gasteiger partial charge in [0.2, 0.25) is 11.6 Å². The molecule has 2 radical (unpaired) electrons. The van der Waals surface area contributed by atoms with Gasteiger partial charge in [-0.1, -0.05) is 60.1 Å². The Bertz CT molecular complexity index is 1200. The van der Waals surface area contributed by atoms with Gasteiger partial charge in [0.1, 0.15) is 0 Å². The van der Waals surface area contributed by atoms with E-state index in [0.29, 0.717) is 0 Å². The smallest absolute Gasteiger partial charge is 0.226 e. The predicted octanol–water partition coefficient (Wildman–Crippen LogP) is 6.36. The first-order valence-electron chi connectivity index (χ1n) is 13.9. The molecule has 0 aliphatic heterocycles. The first-order valence-corrected chi connectivity index (χ1v) is 13.9. The number of amides is 1. The van der Waals surface area contributed by atoms with Gasteiger partial charge in [0.15, 0.2) is 11.6 Å². The molecule has 5 rings (SSSR count). The summed E-state index contributed by atoms with van der Waals surface area (Å²) in [6.45, 7) is 24.6. The maximum Gasteiger partial charge on any atom is 0.226 e. The Labute approximate surface area is 222 Å². The molecular formula is C32H42N2O3. The maximum absolute atomic E-state index is 14.3. The van der Waals surface area contributed by atoms with Gasteiger partial charge in [-0.3, -0.25) is 9.59 Å². The Morgan fingerprint density at radius 2 is 1.62 bits per heavy atom. The molecule has 37 heavy (non-hydrogen) atoms. The molecule has 3 saturated carbocycles. The lowest BCUT2D eigenvalue weighted by Crippen LogP contribution is -2.68. The fraction of sp³-hybridized carbons (Fsp3) is 0.688. The van der Waals surface area contributed by atoms with Crippen molar-refractivity contribution in [3.8, 4) is 0 Å². The van der Waals surface area contributed by atoms with Gasteiger partial charge in [-0.15, -0.1) is 0 Å². The van der Waals surface area contributed by atoms with Crippen LogP contribution in [-0.2, 0) is 14.4 Å². The number of Topliss-reactive ketones (excluding diaryl/α,β-unsaturated/α-hetero) is 1. The zero-order valence-electron chi connectivity index (χ0n) is 23.9. The van der Waals surface area contributed by atoms with Crippen molar-refractivity contribution in [2.24, 2.45) is 33.0 Å². The summed E-state index contributed by atoms with van der Waals surface area (Å²) in [5.41, 5.74) is -0.909. The summed E-state index contributed by atoms with van der Waals surface area (Å²) in [5, 5.41) is 3.32. The number of hydrogen-bond acceptors (Lipinski definition) is 3. The second-order valence-corrected chi connectivity index (χ2v) is 14.6. The molecule has 5 atom stereocenters. The minimum Gasteiger partial charge on any atom is -0.350 e. The van der Waals surface area contributed by atoms with Crippen molar-refractivity contribution in [2.45, 2.75) is 106 Å². The van der Waals surface area contributed by atoms with Crippen LogP contribution < -0.4 is 5.32 Å². The molecule has 0 aromatic carbocycles. The van der Waals surface area contributed by atoms with Crippen LogP contribution in [0, 0.1) is 51.4 Å². The van der Waals surface area contributed by atoms with Crippen molar-refractivity contribution in [2.75, 3.05) is 0 Å². The molecule has 0 heterocycles. The molecule has 0 aromatic rings. The first-order chi connectivity index (χ1) is 17.0.